The summed E-state index contributed by atoms with van der Waals surface area (Å²) in [5.74, 6) is -1.05. The monoisotopic (exact) mass is 254 g/mol. The summed E-state index contributed by atoms with van der Waals surface area (Å²) in [5.41, 5.74) is 0.0165. The fourth-order valence-electron chi connectivity index (χ4n) is 2.30. The van der Waals surface area contributed by atoms with Crippen LogP contribution in [0.15, 0.2) is 12.1 Å². The summed E-state index contributed by atoms with van der Waals surface area (Å²) < 4.78 is 13.4. The Hall–Kier alpha value is -1.69. The molecule has 98 valence electrons. The van der Waals surface area contributed by atoms with Gasteiger partial charge in [0, 0.05) is 11.6 Å². The molecule has 0 spiro atoms. The predicted octanol–water partition coefficient (Wildman–Crippen LogP) is 1.98. The average molecular weight is 254 g/mol. The number of halogens is 1. The topological polar surface area (TPSA) is 75.4 Å². The van der Waals surface area contributed by atoms with E-state index in [9.17, 15) is 19.6 Å². The summed E-state index contributed by atoms with van der Waals surface area (Å²) in [6.07, 6.45) is 2.35. The van der Waals surface area contributed by atoms with Gasteiger partial charge in [0.05, 0.1) is 11.0 Å². The van der Waals surface area contributed by atoms with E-state index < -0.39 is 16.5 Å². The highest BCUT2D eigenvalue weighted by Gasteiger charge is 2.20. The molecule has 1 aliphatic heterocycles. The standard InChI is InChI=1S/C12H15FN2O3/c13-11-7-10(15(17)18)6-9(12(11)16)5-8-1-3-14-4-2-8/h6-8,14,16H,1-5H2. The molecule has 1 fully saturated rings. The molecule has 0 atom stereocenters. The minimum atomic E-state index is -0.923. The molecule has 6 heteroatoms. The highest BCUT2D eigenvalue weighted by Crippen LogP contribution is 2.30. The second kappa shape index (κ2) is 5.30. The zero-order valence-corrected chi connectivity index (χ0v) is 9.86. The molecular formula is C12H15FN2O3. The van der Waals surface area contributed by atoms with Gasteiger partial charge < -0.3 is 10.4 Å². The summed E-state index contributed by atoms with van der Waals surface area (Å²) >= 11 is 0. The number of phenols is 1. The summed E-state index contributed by atoms with van der Waals surface area (Å²) in [7, 11) is 0. The lowest BCUT2D eigenvalue weighted by molar-refractivity contribution is -0.385. The van der Waals surface area contributed by atoms with Gasteiger partial charge >= 0.3 is 0 Å². The fourth-order valence-corrected chi connectivity index (χ4v) is 2.30. The first-order valence-electron chi connectivity index (χ1n) is 5.94. The molecule has 2 rings (SSSR count). The van der Waals surface area contributed by atoms with Crippen molar-refractivity contribution in [2.24, 2.45) is 5.92 Å². The van der Waals surface area contributed by atoms with E-state index in [1.54, 1.807) is 0 Å². The van der Waals surface area contributed by atoms with Gasteiger partial charge in [-0.1, -0.05) is 0 Å². The summed E-state index contributed by atoms with van der Waals surface area (Å²) in [6.45, 7) is 1.78. The van der Waals surface area contributed by atoms with Gasteiger partial charge in [-0.3, -0.25) is 10.1 Å². The predicted molar refractivity (Wildman–Crippen MR) is 64.0 cm³/mol. The molecule has 1 heterocycles. The molecule has 0 radical (unpaired) electrons. The molecule has 0 saturated carbocycles. The van der Waals surface area contributed by atoms with E-state index in [1.165, 1.54) is 6.07 Å². The lowest BCUT2D eigenvalue weighted by Crippen LogP contribution is -2.28. The number of nitrogens with one attached hydrogen (secondary N) is 1. The number of nitro benzene ring substituents is 1. The van der Waals surface area contributed by atoms with Crippen LogP contribution in [0, 0.1) is 21.8 Å². The van der Waals surface area contributed by atoms with Crippen molar-refractivity contribution in [2.45, 2.75) is 19.3 Å². The highest BCUT2D eigenvalue weighted by atomic mass is 19.1. The number of hydrogen-bond donors (Lipinski definition) is 2. The van der Waals surface area contributed by atoms with Crippen LogP contribution in [0.4, 0.5) is 10.1 Å². The molecule has 0 aliphatic carbocycles. The quantitative estimate of drug-likeness (QED) is 0.639. The minimum absolute atomic E-state index is 0.311. The maximum atomic E-state index is 13.4. The highest BCUT2D eigenvalue weighted by molar-refractivity contribution is 5.44. The van der Waals surface area contributed by atoms with Crippen molar-refractivity contribution < 1.29 is 14.4 Å². The molecule has 0 aromatic heterocycles. The van der Waals surface area contributed by atoms with Gasteiger partial charge in [-0.15, -0.1) is 0 Å². The van der Waals surface area contributed by atoms with Crippen LogP contribution >= 0.6 is 0 Å². The summed E-state index contributed by atoms with van der Waals surface area (Å²) in [6, 6.07) is 2.02. The van der Waals surface area contributed by atoms with Crippen LogP contribution in [-0.4, -0.2) is 23.1 Å². The van der Waals surface area contributed by atoms with E-state index in [-0.39, 0.29) is 5.69 Å². The van der Waals surface area contributed by atoms with Crippen LogP contribution in [-0.2, 0) is 6.42 Å². The number of phenolic OH excluding ortho intramolecular Hbond substituents is 1. The van der Waals surface area contributed by atoms with Crippen molar-refractivity contribution in [3.8, 4) is 5.75 Å². The van der Waals surface area contributed by atoms with Crippen molar-refractivity contribution in [3.05, 3.63) is 33.6 Å². The molecule has 18 heavy (non-hydrogen) atoms. The van der Waals surface area contributed by atoms with Crippen LogP contribution < -0.4 is 5.32 Å². The van der Waals surface area contributed by atoms with Gasteiger partial charge in [0.2, 0.25) is 0 Å². The second-order valence-corrected chi connectivity index (χ2v) is 4.59. The second-order valence-electron chi connectivity index (χ2n) is 4.59. The van der Waals surface area contributed by atoms with Crippen molar-refractivity contribution in [3.63, 3.8) is 0 Å². The van der Waals surface area contributed by atoms with E-state index >= 15 is 0 Å². The molecule has 1 aromatic carbocycles. The summed E-state index contributed by atoms with van der Waals surface area (Å²) in [4.78, 5) is 10.0. The Bertz CT molecular complexity index is 459. The van der Waals surface area contributed by atoms with E-state index in [1.807, 2.05) is 0 Å². The largest absolute Gasteiger partial charge is 0.505 e. The Kier molecular flexibility index (Phi) is 3.76. The lowest BCUT2D eigenvalue weighted by Gasteiger charge is -2.22. The number of hydrogen-bond acceptors (Lipinski definition) is 4. The smallest absolute Gasteiger partial charge is 0.272 e. The third-order valence-corrected chi connectivity index (χ3v) is 3.31. The van der Waals surface area contributed by atoms with E-state index in [0.717, 1.165) is 32.0 Å². The average Bonchev–Trinajstić information content (AvgIpc) is 2.35. The molecule has 2 N–H and O–H groups in total. The maximum Gasteiger partial charge on any atom is 0.272 e. The zero-order valence-electron chi connectivity index (χ0n) is 9.86. The molecule has 1 aromatic rings. The van der Waals surface area contributed by atoms with Crippen molar-refractivity contribution in [1.29, 1.82) is 0 Å². The summed E-state index contributed by atoms with van der Waals surface area (Å²) in [5, 5.41) is 23.5. The number of nitrogens with zero attached hydrogens (tertiary/aromatic N) is 1. The number of non-ortho nitro benzene ring substituents is 1. The van der Waals surface area contributed by atoms with Crippen LogP contribution in [0.5, 0.6) is 5.75 Å². The molecule has 0 bridgehead atoms. The SMILES string of the molecule is O=[N+]([O-])c1cc(F)c(O)c(CC2CCNCC2)c1. The van der Waals surface area contributed by atoms with Gasteiger partial charge in [-0.2, -0.15) is 0 Å². The minimum Gasteiger partial charge on any atom is -0.505 e. The first kappa shape index (κ1) is 12.8. The van der Waals surface area contributed by atoms with Gasteiger partial charge in [0.15, 0.2) is 11.6 Å². The Morgan fingerprint density at radius 2 is 2.11 bits per heavy atom. The number of piperidine rings is 1. The Morgan fingerprint density at radius 3 is 2.72 bits per heavy atom. The first-order chi connectivity index (χ1) is 8.58. The van der Waals surface area contributed by atoms with Gasteiger partial charge in [0.25, 0.3) is 5.69 Å². The van der Waals surface area contributed by atoms with Crippen molar-refractivity contribution >= 4 is 5.69 Å². The van der Waals surface area contributed by atoms with Crippen LogP contribution in [0.3, 0.4) is 0 Å². The zero-order chi connectivity index (χ0) is 13.1. The Morgan fingerprint density at radius 1 is 1.44 bits per heavy atom. The van der Waals surface area contributed by atoms with E-state index in [4.69, 9.17) is 0 Å². The number of nitro groups is 1. The number of rotatable bonds is 3. The van der Waals surface area contributed by atoms with Gasteiger partial charge in [-0.05, 0) is 38.3 Å². The third kappa shape index (κ3) is 2.76. The van der Waals surface area contributed by atoms with Crippen LogP contribution in [0.1, 0.15) is 18.4 Å². The lowest BCUT2D eigenvalue weighted by atomic mass is 9.90. The molecule has 1 aliphatic rings. The molecule has 0 unspecified atom stereocenters. The van der Waals surface area contributed by atoms with Crippen LogP contribution in [0.25, 0.3) is 0 Å². The van der Waals surface area contributed by atoms with Gasteiger partial charge in [-0.25, -0.2) is 4.39 Å². The van der Waals surface area contributed by atoms with Crippen molar-refractivity contribution in [2.75, 3.05) is 13.1 Å². The fraction of sp³-hybridized carbons (Fsp3) is 0.500. The number of aromatic hydroxyl groups is 1. The number of benzene rings is 1. The molecule has 0 amide bonds. The third-order valence-electron chi connectivity index (χ3n) is 3.31. The van der Waals surface area contributed by atoms with E-state index in [0.29, 0.717) is 17.9 Å². The van der Waals surface area contributed by atoms with Crippen molar-refractivity contribution in [1.82, 2.24) is 5.32 Å². The Labute approximate surface area is 104 Å². The Balaban J connectivity index is 2.22. The molecule has 1 saturated heterocycles. The molecule has 5 nitrogen and oxygen atoms in total. The van der Waals surface area contributed by atoms with Crippen LogP contribution in [0.2, 0.25) is 0 Å². The van der Waals surface area contributed by atoms with Gasteiger partial charge in [0.1, 0.15) is 0 Å². The normalized spacial score (nSPS) is 16.7. The first-order valence-corrected chi connectivity index (χ1v) is 5.94. The van der Waals surface area contributed by atoms with E-state index in [2.05, 4.69) is 5.32 Å². The molecular weight excluding hydrogens is 239 g/mol. The maximum absolute atomic E-state index is 13.4.